The van der Waals surface area contributed by atoms with E-state index < -0.39 is 0 Å². The normalized spacial score (nSPS) is 9.38. The molecule has 4 nitrogen and oxygen atoms in total. The first-order valence-corrected chi connectivity index (χ1v) is 3.96. The lowest BCUT2D eigenvalue weighted by molar-refractivity contribution is 0.413. The lowest BCUT2D eigenvalue weighted by Crippen LogP contribution is -2.05. The van der Waals surface area contributed by atoms with Crippen LogP contribution in [0.5, 0.6) is 5.75 Å². The van der Waals surface area contributed by atoms with E-state index >= 15 is 0 Å². The van der Waals surface area contributed by atoms with Gasteiger partial charge in [-0.3, -0.25) is 0 Å². The number of aromatic nitrogens is 2. The van der Waals surface area contributed by atoms with E-state index in [1.54, 1.807) is 13.3 Å². The summed E-state index contributed by atoms with van der Waals surface area (Å²) in [5, 5.41) is 3.09. The first-order chi connectivity index (χ1) is 6.24. The van der Waals surface area contributed by atoms with Gasteiger partial charge in [0.25, 0.3) is 0 Å². The molecular weight excluding hydrogens is 166 g/mol. The number of nitrogens with zero attached hydrogens (tertiary/aromatic N) is 2. The molecule has 0 amide bonds. The maximum absolute atomic E-state index is 5.06. The average molecular weight is 179 g/mol. The maximum Gasteiger partial charge on any atom is 0.179 e. The summed E-state index contributed by atoms with van der Waals surface area (Å²) in [5.41, 5.74) is 1.04. The van der Waals surface area contributed by atoms with Gasteiger partial charge in [-0.05, 0) is 6.92 Å². The average Bonchev–Trinajstić information content (AvgIpc) is 2.15. The molecule has 1 aromatic rings. The zero-order valence-electron chi connectivity index (χ0n) is 7.87. The number of methoxy groups -OCH3 is 1. The van der Waals surface area contributed by atoms with Crippen LogP contribution in [-0.2, 0) is 0 Å². The Kier molecular flexibility index (Phi) is 3.25. The van der Waals surface area contributed by atoms with E-state index in [4.69, 9.17) is 4.74 Å². The highest BCUT2D eigenvalue weighted by Gasteiger charge is 2.01. The van der Waals surface area contributed by atoms with E-state index in [1.165, 1.54) is 6.33 Å². The van der Waals surface area contributed by atoms with Crippen molar-refractivity contribution < 1.29 is 4.74 Å². The minimum absolute atomic E-state index is 0.642. The van der Waals surface area contributed by atoms with Gasteiger partial charge in [-0.2, -0.15) is 0 Å². The molecule has 70 valence electrons. The Morgan fingerprint density at radius 3 is 3.08 bits per heavy atom. The number of hydrogen-bond donors (Lipinski definition) is 1. The molecule has 0 radical (unpaired) electrons. The predicted octanol–water partition coefficient (Wildman–Crippen LogP) is 1.47. The van der Waals surface area contributed by atoms with E-state index in [2.05, 4.69) is 21.9 Å². The molecule has 0 spiro atoms. The lowest BCUT2D eigenvalue weighted by atomic mass is 10.3. The number of nitrogens with one attached hydrogen (secondary N) is 1. The molecule has 0 aliphatic carbocycles. The number of rotatable bonds is 4. The molecule has 0 saturated heterocycles. The molecule has 1 N–H and O–H groups in total. The molecule has 0 unspecified atom stereocenters. The summed E-state index contributed by atoms with van der Waals surface area (Å²) in [4.78, 5) is 7.88. The Morgan fingerprint density at radius 1 is 1.69 bits per heavy atom. The molecule has 4 heteroatoms. The van der Waals surface area contributed by atoms with Crippen molar-refractivity contribution in [3.05, 3.63) is 24.7 Å². The van der Waals surface area contributed by atoms with E-state index in [0.29, 0.717) is 18.1 Å². The van der Waals surface area contributed by atoms with Gasteiger partial charge in [0.15, 0.2) is 11.6 Å². The highest BCUT2D eigenvalue weighted by Crippen LogP contribution is 2.18. The SMILES string of the molecule is C=C(C)CNc1ncncc1OC. The predicted molar refractivity (Wildman–Crippen MR) is 51.9 cm³/mol. The van der Waals surface area contributed by atoms with Crippen LogP contribution in [0.15, 0.2) is 24.7 Å². The molecular formula is C9H13N3O. The van der Waals surface area contributed by atoms with Crippen LogP contribution in [0, 0.1) is 0 Å². The first-order valence-electron chi connectivity index (χ1n) is 3.96. The monoisotopic (exact) mass is 179 g/mol. The quantitative estimate of drug-likeness (QED) is 0.711. The van der Waals surface area contributed by atoms with Crippen LogP contribution in [-0.4, -0.2) is 23.6 Å². The fourth-order valence-electron chi connectivity index (χ4n) is 0.834. The van der Waals surface area contributed by atoms with Crippen molar-refractivity contribution in [3.8, 4) is 5.75 Å². The third kappa shape index (κ3) is 2.74. The fourth-order valence-corrected chi connectivity index (χ4v) is 0.834. The third-order valence-electron chi connectivity index (χ3n) is 1.46. The summed E-state index contributed by atoms with van der Waals surface area (Å²) in [7, 11) is 1.59. The molecule has 0 aromatic carbocycles. The van der Waals surface area contributed by atoms with Crippen LogP contribution in [0.3, 0.4) is 0 Å². The van der Waals surface area contributed by atoms with Crippen molar-refractivity contribution in [2.75, 3.05) is 19.0 Å². The van der Waals surface area contributed by atoms with Gasteiger partial charge in [-0.15, -0.1) is 0 Å². The summed E-state index contributed by atoms with van der Waals surface area (Å²) < 4.78 is 5.06. The second-order valence-corrected chi connectivity index (χ2v) is 2.75. The molecule has 1 rings (SSSR count). The summed E-state index contributed by atoms with van der Waals surface area (Å²) in [5.74, 6) is 1.34. The summed E-state index contributed by atoms with van der Waals surface area (Å²) in [6, 6.07) is 0. The van der Waals surface area contributed by atoms with Gasteiger partial charge >= 0.3 is 0 Å². The van der Waals surface area contributed by atoms with Gasteiger partial charge in [-0.25, -0.2) is 9.97 Å². The van der Waals surface area contributed by atoms with Gasteiger partial charge in [0, 0.05) is 6.54 Å². The smallest absolute Gasteiger partial charge is 0.179 e. The van der Waals surface area contributed by atoms with Crippen LogP contribution in [0.4, 0.5) is 5.82 Å². The topological polar surface area (TPSA) is 47.0 Å². The number of anilines is 1. The highest BCUT2D eigenvalue weighted by atomic mass is 16.5. The zero-order valence-corrected chi connectivity index (χ0v) is 7.87. The molecule has 0 atom stereocenters. The van der Waals surface area contributed by atoms with Crippen LogP contribution in [0.25, 0.3) is 0 Å². The van der Waals surface area contributed by atoms with E-state index in [0.717, 1.165) is 5.57 Å². The molecule has 13 heavy (non-hydrogen) atoms. The van der Waals surface area contributed by atoms with E-state index in [1.807, 2.05) is 6.92 Å². The highest BCUT2D eigenvalue weighted by molar-refractivity contribution is 5.48. The van der Waals surface area contributed by atoms with E-state index in [9.17, 15) is 0 Å². The molecule has 1 heterocycles. The van der Waals surface area contributed by atoms with Crippen molar-refractivity contribution in [3.63, 3.8) is 0 Å². The van der Waals surface area contributed by atoms with Gasteiger partial charge in [0.2, 0.25) is 0 Å². The Labute approximate surface area is 77.7 Å². The molecule has 0 bridgehead atoms. The standard InChI is InChI=1S/C9H13N3O/c1-7(2)4-11-9-8(13-3)5-10-6-12-9/h5-6H,1,4H2,2-3H3,(H,10,11,12). The Balaban J connectivity index is 2.69. The Morgan fingerprint density at radius 2 is 2.46 bits per heavy atom. The number of ether oxygens (including phenoxy) is 1. The summed E-state index contributed by atoms with van der Waals surface area (Å²) in [6.45, 7) is 6.41. The maximum atomic E-state index is 5.06. The molecule has 0 aliphatic heterocycles. The minimum Gasteiger partial charge on any atom is -0.491 e. The van der Waals surface area contributed by atoms with Crippen molar-refractivity contribution in [1.29, 1.82) is 0 Å². The Hall–Kier alpha value is -1.58. The van der Waals surface area contributed by atoms with Gasteiger partial charge in [0.05, 0.1) is 13.3 Å². The van der Waals surface area contributed by atoms with Gasteiger partial charge in [-0.1, -0.05) is 12.2 Å². The molecule has 0 aliphatic rings. The van der Waals surface area contributed by atoms with Crippen molar-refractivity contribution in [2.24, 2.45) is 0 Å². The summed E-state index contributed by atoms with van der Waals surface area (Å²) >= 11 is 0. The zero-order chi connectivity index (χ0) is 9.68. The second kappa shape index (κ2) is 4.45. The van der Waals surface area contributed by atoms with E-state index in [-0.39, 0.29) is 0 Å². The third-order valence-corrected chi connectivity index (χ3v) is 1.46. The van der Waals surface area contributed by atoms with Gasteiger partial charge in [0.1, 0.15) is 6.33 Å². The van der Waals surface area contributed by atoms with Gasteiger partial charge < -0.3 is 10.1 Å². The lowest BCUT2D eigenvalue weighted by Gasteiger charge is -2.08. The summed E-state index contributed by atoms with van der Waals surface area (Å²) in [6.07, 6.45) is 3.09. The minimum atomic E-state index is 0.642. The second-order valence-electron chi connectivity index (χ2n) is 2.75. The number of hydrogen-bond acceptors (Lipinski definition) is 4. The van der Waals surface area contributed by atoms with Crippen LogP contribution in [0.1, 0.15) is 6.92 Å². The molecule has 1 aromatic heterocycles. The fraction of sp³-hybridized carbons (Fsp3) is 0.333. The van der Waals surface area contributed by atoms with Crippen LogP contribution >= 0.6 is 0 Å². The van der Waals surface area contributed by atoms with Crippen molar-refractivity contribution >= 4 is 5.82 Å². The van der Waals surface area contributed by atoms with Crippen molar-refractivity contribution in [2.45, 2.75) is 6.92 Å². The Bertz CT molecular complexity index is 299. The molecule has 0 fully saturated rings. The molecule has 0 saturated carbocycles. The first kappa shape index (κ1) is 9.51. The van der Waals surface area contributed by atoms with Crippen LogP contribution in [0.2, 0.25) is 0 Å². The van der Waals surface area contributed by atoms with Crippen LogP contribution < -0.4 is 10.1 Å². The largest absolute Gasteiger partial charge is 0.491 e. The van der Waals surface area contributed by atoms with Crippen molar-refractivity contribution in [1.82, 2.24) is 9.97 Å².